The molecule has 0 spiro atoms. The number of methoxy groups -OCH3 is 1. The summed E-state index contributed by atoms with van der Waals surface area (Å²) in [6.45, 7) is 0. The molecule has 126 valence electrons. The lowest BCUT2D eigenvalue weighted by Gasteiger charge is -2.13. The fourth-order valence-electron chi connectivity index (χ4n) is 2.52. The Morgan fingerprint density at radius 1 is 0.800 bits per heavy atom. The van der Waals surface area contributed by atoms with Gasteiger partial charge in [0.15, 0.2) is 0 Å². The average molecular weight is 365 g/mol. The minimum Gasteiger partial charge on any atom is -0.504 e. The molecule has 0 saturated heterocycles. The molecule has 1 nitrogen and oxygen atoms in total. The standard InChI is InChI=1S/C22H20OS2/c1-23-16-21(18-10-4-2-5-11-18)20-14-8-9-15-22(20)25-17-24-19-12-6-3-7-13-19/h2-16H,17H2,1H3/b21-16+. The van der Waals surface area contributed by atoms with E-state index in [1.54, 1.807) is 7.11 Å². The van der Waals surface area contributed by atoms with Gasteiger partial charge in [-0.3, -0.25) is 0 Å². The van der Waals surface area contributed by atoms with E-state index in [1.165, 1.54) is 15.4 Å². The molecule has 0 fully saturated rings. The van der Waals surface area contributed by atoms with Crippen LogP contribution in [0.1, 0.15) is 11.1 Å². The molecule has 3 rings (SSSR count). The highest BCUT2D eigenvalue weighted by Crippen LogP contribution is 2.35. The maximum absolute atomic E-state index is 5.37. The second-order valence-electron chi connectivity index (χ2n) is 5.35. The van der Waals surface area contributed by atoms with Gasteiger partial charge in [0, 0.05) is 20.4 Å². The van der Waals surface area contributed by atoms with Crippen molar-refractivity contribution in [3.05, 3.63) is 102 Å². The minimum absolute atomic E-state index is 0.968. The van der Waals surface area contributed by atoms with Gasteiger partial charge in [-0.15, -0.1) is 23.5 Å². The van der Waals surface area contributed by atoms with Gasteiger partial charge in [-0.1, -0.05) is 66.7 Å². The third-order valence-electron chi connectivity index (χ3n) is 3.68. The first-order valence-electron chi connectivity index (χ1n) is 8.07. The molecule has 0 radical (unpaired) electrons. The summed E-state index contributed by atoms with van der Waals surface area (Å²) in [6.07, 6.45) is 1.83. The van der Waals surface area contributed by atoms with Crippen molar-refractivity contribution < 1.29 is 4.74 Å². The second-order valence-corrected chi connectivity index (χ2v) is 7.78. The number of benzene rings is 3. The number of rotatable bonds is 7. The molecule has 0 heterocycles. The summed E-state index contributed by atoms with van der Waals surface area (Å²) < 4.78 is 5.37. The summed E-state index contributed by atoms with van der Waals surface area (Å²) in [5, 5.41) is 0.968. The van der Waals surface area contributed by atoms with Gasteiger partial charge in [-0.05, 0) is 29.3 Å². The van der Waals surface area contributed by atoms with Crippen molar-refractivity contribution in [2.75, 3.05) is 12.2 Å². The van der Waals surface area contributed by atoms with Crippen molar-refractivity contribution >= 4 is 29.1 Å². The van der Waals surface area contributed by atoms with E-state index < -0.39 is 0 Å². The van der Waals surface area contributed by atoms with Crippen molar-refractivity contribution in [3.8, 4) is 0 Å². The molecule has 0 bridgehead atoms. The maximum Gasteiger partial charge on any atom is 0.0909 e. The highest BCUT2D eigenvalue weighted by molar-refractivity contribution is 8.16. The van der Waals surface area contributed by atoms with Crippen molar-refractivity contribution in [1.29, 1.82) is 0 Å². The molecule has 0 aromatic heterocycles. The molecule has 25 heavy (non-hydrogen) atoms. The lowest BCUT2D eigenvalue weighted by molar-refractivity contribution is 0.340. The van der Waals surface area contributed by atoms with E-state index in [0.717, 1.165) is 16.2 Å². The van der Waals surface area contributed by atoms with E-state index in [2.05, 4.69) is 72.8 Å². The lowest BCUT2D eigenvalue weighted by atomic mass is 9.99. The van der Waals surface area contributed by atoms with E-state index in [1.807, 2.05) is 41.9 Å². The van der Waals surface area contributed by atoms with Crippen LogP contribution in [0.15, 0.2) is 101 Å². The van der Waals surface area contributed by atoms with Crippen LogP contribution in [0.3, 0.4) is 0 Å². The topological polar surface area (TPSA) is 9.23 Å². The highest BCUT2D eigenvalue weighted by atomic mass is 32.2. The summed E-state index contributed by atoms with van der Waals surface area (Å²) in [6, 6.07) is 29.4. The molecule has 0 saturated carbocycles. The van der Waals surface area contributed by atoms with Gasteiger partial charge >= 0.3 is 0 Å². The second kappa shape index (κ2) is 9.40. The van der Waals surface area contributed by atoms with Crippen LogP contribution in [-0.4, -0.2) is 12.2 Å². The third-order valence-corrected chi connectivity index (χ3v) is 5.90. The van der Waals surface area contributed by atoms with Gasteiger partial charge in [0.25, 0.3) is 0 Å². The third kappa shape index (κ3) is 4.94. The van der Waals surface area contributed by atoms with E-state index >= 15 is 0 Å². The Balaban J connectivity index is 1.81. The Kier molecular flexibility index (Phi) is 6.66. The molecule has 0 unspecified atom stereocenters. The van der Waals surface area contributed by atoms with Crippen LogP contribution in [-0.2, 0) is 4.74 Å². The van der Waals surface area contributed by atoms with Crippen LogP contribution in [0.25, 0.3) is 5.57 Å². The molecule has 0 aliphatic carbocycles. The van der Waals surface area contributed by atoms with Gasteiger partial charge in [-0.2, -0.15) is 0 Å². The minimum atomic E-state index is 0.968. The largest absolute Gasteiger partial charge is 0.504 e. The van der Waals surface area contributed by atoms with E-state index in [-0.39, 0.29) is 0 Å². The van der Waals surface area contributed by atoms with Gasteiger partial charge < -0.3 is 4.74 Å². The molecular weight excluding hydrogens is 344 g/mol. The molecule has 0 aliphatic rings. The first-order chi connectivity index (χ1) is 12.4. The van der Waals surface area contributed by atoms with E-state index in [0.29, 0.717) is 0 Å². The zero-order valence-corrected chi connectivity index (χ0v) is 15.7. The number of hydrogen-bond acceptors (Lipinski definition) is 3. The van der Waals surface area contributed by atoms with Crippen LogP contribution >= 0.6 is 23.5 Å². The maximum atomic E-state index is 5.37. The highest BCUT2D eigenvalue weighted by Gasteiger charge is 2.10. The predicted molar refractivity (Wildman–Crippen MR) is 110 cm³/mol. The molecular formula is C22H20OS2. The lowest BCUT2D eigenvalue weighted by Crippen LogP contribution is -1.92. The van der Waals surface area contributed by atoms with Gasteiger partial charge in [0.1, 0.15) is 0 Å². The Morgan fingerprint density at radius 2 is 1.44 bits per heavy atom. The van der Waals surface area contributed by atoms with Gasteiger partial charge in [-0.25, -0.2) is 0 Å². The Labute approximate surface area is 158 Å². The van der Waals surface area contributed by atoms with Crippen molar-refractivity contribution in [3.63, 3.8) is 0 Å². The number of hydrogen-bond donors (Lipinski definition) is 0. The van der Waals surface area contributed by atoms with Gasteiger partial charge in [0.2, 0.25) is 0 Å². The molecule has 0 N–H and O–H groups in total. The molecule has 3 aromatic rings. The summed E-state index contributed by atoms with van der Waals surface area (Å²) in [5.41, 5.74) is 3.47. The molecule has 3 heteroatoms. The van der Waals surface area contributed by atoms with Gasteiger partial charge in [0.05, 0.1) is 13.4 Å². The van der Waals surface area contributed by atoms with Crippen LogP contribution in [0.5, 0.6) is 0 Å². The number of ether oxygens (including phenoxy) is 1. The smallest absolute Gasteiger partial charge is 0.0909 e. The molecule has 0 atom stereocenters. The van der Waals surface area contributed by atoms with Crippen LogP contribution in [0.2, 0.25) is 0 Å². The zero-order chi connectivity index (χ0) is 17.3. The Morgan fingerprint density at radius 3 is 2.16 bits per heavy atom. The van der Waals surface area contributed by atoms with Crippen LogP contribution in [0.4, 0.5) is 0 Å². The number of thioether (sulfide) groups is 2. The van der Waals surface area contributed by atoms with Crippen molar-refractivity contribution in [2.24, 2.45) is 0 Å². The van der Waals surface area contributed by atoms with E-state index in [4.69, 9.17) is 4.74 Å². The molecule has 0 amide bonds. The first-order valence-corrected chi connectivity index (χ1v) is 10.0. The fourth-order valence-corrected chi connectivity index (χ4v) is 4.66. The fraction of sp³-hybridized carbons (Fsp3) is 0.0909. The Hall–Kier alpha value is -2.10. The zero-order valence-electron chi connectivity index (χ0n) is 14.1. The summed E-state index contributed by atoms with van der Waals surface area (Å²) >= 11 is 3.71. The summed E-state index contributed by atoms with van der Waals surface area (Å²) in [4.78, 5) is 2.56. The molecule has 3 aromatic carbocycles. The normalized spacial score (nSPS) is 11.3. The summed E-state index contributed by atoms with van der Waals surface area (Å²) in [5.74, 6) is 0. The van der Waals surface area contributed by atoms with Crippen molar-refractivity contribution in [2.45, 2.75) is 9.79 Å². The SMILES string of the molecule is CO/C=C(\c1ccccc1)c1ccccc1SCSc1ccccc1. The Bertz CT molecular complexity index is 814. The van der Waals surface area contributed by atoms with Crippen LogP contribution < -0.4 is 0 Å². The summed E-state index contributed by atoms with van der Waals surface area (Å²) in [7, 11) is 1.70. The monoisotopic (exact) mass is 364 g/mol. The van der Waals surface area contributed by atoms with Crippen molar-refractivity contribution in [1.82, 2.24) is 0 Å². The molecule has 0 aliphatic heterocycles. The first kappa shape index (κ1) is 17.7. The average Bonchev–Trinajstić information content (AvgIpc) is 2.68. The quantitative estimate of drug-likeness (QED) is 0.267. The van der Waals surface area contributed by atoms with Crippen LogP contribution in [0, 0.1) is 0 Å². The predicted octanol–water partition coefficient (Wildman–Crippen LogP) is 6.56. The van der Waals surface area contributed by atoms with E-state index in [9.17, 15) is 0 Å².